The third-order valence-electron chi connectivity index (χ3n) is 6.16. The molecule has 2 amide bonds. The predicted octanol–water partition coefficient (Wildman–Crippen LogP) is 2.48. The molecule has 172 valence electrons. The van der Waals surface area contributed by atoms with Gasteiger partial charge >= 0.3 is 0 Å². The summed E-state index contributed by atoms with van der Waals surface area (Å²) in [5.41, 5.74) is 1.87. The number of likely N-dealkylation sites (N-methyl/N-ethyl adjacent to an activating group) is 1. The topological polar surface area (TPSA) is 69.6 Å². The lowest BCUT2D eigenvalue weighted by Crippen LogP contribution is -2.50. The van der Waals surface area contributed by atoms with Gasteiger partial charge in [-0.1, -0.05) is 12.1 Å². The van der Waals surface area contributed by atoms with Crippen LogP contribution in [0.5, 0.6) is 0 Å². The van der Waals surface area contributed by atoms with Crippen molar-refractivity contribution in [2.75, 3.05) is 46.3 Å². The Balaban J connectivity index is 1.44. The van der Waals surface area contributed by atoms with E-state index in [1.165, 1.54) is 12.1 Å². The molecule has 1 saturated heterocycles. The van der Waals surface area contributed by atoms with Gasteiger partial charge in [0.05, 0.1) is 10.6 Å². The van der Waals surface area contributed by atoms with Crippen LogP contribution in [0.15, 0.2) is 34.9 Å². The SMILES string of the molecule is CC(CN1CCN(C)CC1)NC(=O)CC1CNC(=O)c2cc(-c3cccc(F)c3)c(Br)n21. The average molecular weight is 506 g/mol. The van der Waals surface area contributed by atoms with E-state index in [0.29, 0.717) is 22.4 Å². The quantitative estimate of drug-likeness (QED) is 0.632. The molecule has 2 aliphatic heterocycles. The van der Waals surface area contributed by atoms with Crippen LogP contribution in [-0.4, -0.2) is 78.5 Å². The lowest BCUT2D eigenvalue weighted by atomic mass is 10.1. The number of fused-ring (bicyclic) bond motifs is 1. The number of hydrogen-bond donors (Lipinski definition) is 2. The van der Waals surface area contributed by atoms with Gasteiger partial charge in [-0.2, -0.15) is 0 Å². The Kier molecular flexibility index (Phi) is 6.97. The molecule has 2 atom stereocenters. The summed E-state index contributed by atoms with van der Waals surface area (Å²) in [6.07, 6.45) is 0.246. The molecule has 1 aromatic carbocycles. The van der Waals surface area contributed by atoms with Gasteiger partial charge in [0.1, 0.15) is 11.5 Å². The highest BCUT2D eigenvalue weighted by molar-refractivity contribution is 9.10. The van der Waals surface area contributed by atoms with Crippen LogP contribution in [0.1, 0.15) is 29.9 Å². The van der Waals surface area contributed by atoms with Gasteiger partial charge in [0.25, 0.3) is 5.91 Å². The third kappa shape index (κ3) is 5.05. The molecule has 2 aromatic rings. The molecule has 2 unspecified atom stereocenters. The average Bonchev–Trinajstić information content (AvgIpc) is 3.10. The normalized spacial score (nSPS) is 20.5. The van der Waals surface area contributed by atoms with E-state index in [2.05, 4.69) is 43.4 Å². The maximum absolute atomic E-state index is 13.7. The van der Waals surface area contributed by atoms with Crippen LogP contribution in [0.25, 0.3) is 11.1 Å². The molecule has 0 radical (unpaired) electrons. The molecule has 1 aromatic heterocycles. The van der Waals surface area contributed by atoms with E-state index in [1.807, 2.05) is 11.5 Å². The van der Waals surface area contributed by atoms with Gasteiger partial charge in [-0.05, 0) is 53.7 Å². The van der Waals surface area contributed by atoms with E-state index in [1.54, 1.807) is 18.2 Å². The van der Waals surface area contributed by atoms with Gasteiger partial charge in [-0.15, -0.1) is 0 Å². The lowest BCUT2D eigenvalue weighted by Gasteiger charge is -2.34. The molecular formula is C23H29BrFN5O2. The molecule has 3 heterocycles. The smallest absolute Gasteiger partial charge is 0.268 e. The van der Waals surface area contributed by atoms with Crippen molar-refractivity contribution in [3.63, 3.8) is 0 Å². The molecule has 2 aliphatic rings. The molecule has 0 aliphatic carbocycles. The fourth-order valence-electron chi connectivity index (χ4n) is 4.46. The molecule has 0 bridgehead atoms. The second kappa shape index (κ2) is 9.72. The first kappa shape index (κ1) is 22.9. The largest absolute Gasteiger partial charge is 0.352 e. The van der Waals surface area contributed by atoms with Crippen molar-refractivity contribution in [1.82, 2.24) is 25.0 Å². The lowest BCUT2D eigenvalue weighted by molar-refractivity contribution is -0.122. The monoisotopic (exact) mass is 505 g/mol. The van der Waals surface area contributed by atoms with E-state index in [4.69, 9.17) is 0 Å². The second-order valence-corrected chi connectivity index (χ2v) is 9.51. The number of amides is 2. The Bertz CT molecular complexity index is 1000. The van der Waals surface area contributed by atoms with Crippen molar-refractivity contribution < 1.29 is 14.0 Å². The molecule has 1 fully saturated rings. The Morgan fingerprint density at radius 1 is 1.28 bits per heavy atom. The summed E-state index contributed by atoms with van der Waals surface area (Å²) in [6, 6.07) is 7.82. The van der Waals surface area contributed by atoms with Crippen LogP contribution in [0.2, 0.25) is 0 Å². The number of rotatable bonds is 6. The molecule has 9 heteroatoms. The number of hydrogen-bond acceptors (Lipinski definition) is 4. The summed E-state index contributed by atoms with van der Waals surface area (Å²) in [6.45, 7) is 7.31. The first-order valence-corrected chi connectivity index (χ1v) is 11.8. The minimum atomic E-state index is -0.340. The minimum absolute atomic E-state index is 0.0412. The number of nitrogens with one attached hydrogen (secondary N) is 2. The van der Waals surface area contributed by atoms with Gasteiger partial charge in [0, 0.05) is 57.3 Å². The second-order valence-electron chi connectivity index (χ2n) is 8.75. The molecule has 0 saturated carbocycles. The zero-order chi connectivity index (χ0) is 22.8. The van der Waals surface area contributed by atoms with E-state index >= 15 is 0 Å². The molecule has 2 N–H and O–H groups in total. The summed E-state index contributed by atoms with van der Waals surface area (Å²) < 4.78 is 16.3. The minimum Gasteiger partial charge on any atom is -0.352 e. The van der Waals surface area contributed by atoms with Crippen molar-refractivity contribution in [1.29, 1.82) is 0 Å². The first-order valence-electron chi connectivity index (χ1n) is 11.0. The van der Waals surface area contributed by atoms with Crippen LogP contribution >= 0.6 is 15.9 Å². The number of piperazine rings is 1. The Labute approximate surface area is 196 Å². The fourth-order valence-corrected chi connectivity index (χ4v) is 5.28. The third-order valence-corrected chi connectivity index (χ3v) is 6.97. The number of benzene rings is 1. The molecule has 7 nitrogen and oxygen atoms in total. The van der Waals surface area contributed by atoms with Gasteiger partial charge in [-0.25, -0.2) is 4.39 Å². The van der Waals surface area contributed by atoms with Gasteiger partial charge in [0.2, 0.25) is 5.91 Å². The van der Waals surface area contributed by atoms with Crippen LogP contribution in [0.3, 0.4) is 0 Å². The van der Waals surface area contributed by atoms with Crippen molar-refractivity contribution in [2.24, 2.45) is 0 Å². The zero-order valence-electron chi connectivity index (χ0n) is 18.4. The van der Waals surface area contributed by atoms with E-state index in [0.717, 1.165) is 38.3 Å². The maximum atomic E-state index is 13.7. The zero-order valence-corrected chi connectivity index (χ0v) is 20.0. The highest BCUT2D eigenvalue weighted by Crippen LogP contribution is 2.36. The number of halogens is 2. The highest BCUT2D eigenvalue weighted by Gasteiger charge is 2.31. The molecule has 0 spiro atoms. The Hall–Kier alpha value is -2.23. The van der Waals surface area contributed by atoms with Crippen molar-refractivity contribution in [3.05, 3.63) is 46.4 Å². The first-order chi connectivity index (χ1) is 15.3. The summed E-state index contributed by atoms with van der Waals surface area (Å²) in [4.78, 5) is 30.0. The molecule has 4 rings (SSSR count). The number of aromatic nitrogens is 1. The molecular weight excluding hydrogens is 477 g/mol. The van der Waals surface area contributed by atoms with Gasteiger partial charge < -0.3 is 20.1 Å². The van der Waals surface area contributed by atoms with Gasteiger partial charge in [0.15, 0.2) is 0 Å². The van der Waals surface area contributed by atoms with Crippen LogP contribution in [0.4, 0.5) is 4.39 Å². The van der Waals surface area contributed by atoms with Crippen LogP contribution < -0.4 is 10.6 Å². The van der Waals surface area contributed by atoms with E-state index in [-0.39, 0.29) is 36.1 Å². The summed E-state index contributed by atoms with van der Waals surface area (Å²) >= 11 is 3.60. The number of carbonyl (C=O) groups is 2. The van der Waals surface area contributed by atoms with Gasteiger partial charge in [-0.3, -0.25) is 14.5 Å². The van der Waals surface area contributed by atoms with Crippen molar-refractivity contribution >= 4 is 27.7 Å². The van der Waals surface area contributed by atoms with Crippen LogP contribution in [-0.2, 0) is 4.79 Å². The van der Waals surface area contributed by atoms with Crippen molar-refractivity contribution in [3.8, 4) is 11.1 Å². The Morgan fingerprint density at radius 2 is 2.03 bits per heavy atom. The standard InChI is InChI=1S/C23H29BrFN5O2/c1-15(14-29-8-6-28(2)7-9-29)27-21(31)11-18-13-26-23(32)20-12-19(22(24)30(18)20)16-4-3-5-17(25)10-16/h3-5,10,12,15,18H,6-9,11,13-14H2,1-2H3,(H,26,32)(H,27,31). The summed E-state index contributed by atoms with van der Waals surface area (Å²) in [5, 5.41) is 5.98. The maximum Gasteiger partial charge on any atom is 0.268 e. The van der Waals surface area contributed by atoms with E-state index < -0.39 is 0 Å². The van der Waals surface area contributed by atoms with E-state index in [9.17, 15) is 14.0 Å². The Morgan fingerprint density at radius 3 is 2.75 bits per heavy atom. The fraction of sp³-hybridized carbons (Fsp3) is 0.478. The summed E-state index contributed by atoms with van der Waals surface area (Å²) in [5.74, 6) is -0.589. The van der Waals surface area contributed by atoms with Crippen LogP contribution in [0, 0.1) is 5.82 Å². The predicted molar refractivity (Wildman–Crippen MR) is 125 cm³/mol. The number of nitrogens with zero attached hydrogens (tertiary/aromatic N) is 3. The number of carbonyl (C=O) groups excluding carboxylic acids is 2. The highest BCUT2D eigenvalue weighted by atomic mass is 79.9. The summed E-state index contributed by atoms with van der Waals surface area (Å²) in [7, 11) is 2.12. The molecule has 32 heavy (non-hydrogen) atoms. The van der Waals surface area contributed by atoms with Crippen molar-refractivity contribution in [2.45, 2.75) is 25.4 Å².